The quantitative estimate of drug-likeness (QED) is 0.918. The van der Waals surface area contributed by atoms with Crippen molar-refractivity contribution in [2.75, 3.05) is 6.54 Å². The second kappa shape index (κ2) is 5.98. The van der Waals surface area contributed by atoms with E-state index in [-0.39, 0.29) is 5.54 Å². The van der Waals surface area contributed by atoms with Crippen LogP contribution in [0.15, 0.2) is 36.5 Å². The van der Waals surface area contributed by atoms with Crippen molar-refractivity contribution >= 4 is 0 Å². The van der Waals surface area contributed by atoms with E-state index in [1.165, 1.54) is 19.3 Å². The zero-order valence-corrected chi connectivity index (χ0v) is 12.9. The predicted molar refractivity (Wildman–Crippen MR) is 84.5 cm³/mol. The summed E-state index contributed by atoms with van der Waals surface area (Å²) in [5, 5.41) is 12.8. The number of nitrogens with zero attached hydrogens (tertiary/aromatic N) is 3. The van der Waals surface area contributed by atoms with Crippen LogP contribution >= 0.6 is 0 Å². The molecule has 0 radical (unpaired) electrons. The van der Waals surface area contributed by atoms with Crippen molar-refractivity contribution in [3.05, 3.63) is 42.2 Å². The van der Waals surface area contributed by atoms with Crippen LogP contribution in [-0.2, 0) is 6.42 Å². The first-order valence-corrected chi connectivity index (χ1v) is 7.89. The van der Waals surface area contributed by atoms with Crippen LogP contribution in [0.2, 0.25) is 0 Å². The van der Waals surface area contributed by atoms with Gasteiger partial charge in [-0.15, -0.1) is 0 Å². The summed E-state index contributed by atoms with van der Waals surface area (Å²) in [6, 6.07) is 10.1. The Balaban J connectivity index is 1.77. The van der Waals surface area contributed by atoms with Crippen molar-refractivity contribution < 1.29 is 0 Å². The third-order valence-corrected chi connectivity index (χ3v) is 4.18. The highest BCUT2D eigenvalue weighted by atomic mass is 15.5. The Labute approximate surface area is 126 Å². The van der Waals surface area contributed by atoms with E-state index in [9.17, 15) is 0 Å². The van der Waals surface area contributed by atoms with Gasteiger partial charge < -0.3 is 5.32 Å². The molecule has 1 fully saturated rings. The molecule has 0 amide bonds. The lowest BCUT2D eigenvalue weighted by Crippen LogP contribution is -2.43. The highest BCUT2D eigenvalue weighted by molar-refractivity contribution is 5.28. The molecular formula is C17H24N4. The molecule has 0 spiro atoms. The van der Waals surface area contributed by atoms with E-state index in [1.54, 1.807) is 4.80 Å². The predicted octanol–water partition coefficient (Wildman–Crippen LogP) is 2.98. The van der Waals surface area contributed by atoms with Crippen LogP contribution in [0, 0.1) is 5.92 Å². The highest BCUT2D eigenvalue weighted by Crippen LogP contribution is 2.30. The molecule has 1 aromatic heterocycles. The third kappa shape index (κ3) is 3.32. The standard InChI is InChI=1S/C17H24N4/c1-14(2)11-17(9-6-10-18-17)12-15-13-19-21(20-15)16-7-4-3-5-8-16/h3-5,7-8,13-14,18H,6,9-12H2,1-2H3. The molecule has 1 atom stereocenters. The molecule has 4 heteroatoms. The Bertz CT molecular complexity index is 567. The minimum atomic E-state index is 0.214. The van der Waals surface area contributed by atoms with E-state index >= 15 is 0 Å². The van der Waals surface area contributed by atoms with Crippen LogP contribution in [-0.4, -0.2) is 27.1 Å². The van der Waals surface area contributed by atoms with Crippen molar-refractivity contribution in [2.24, 2.45) is 5.92 Å². The van der Waals surface area contributed by atoms with Crippen LogP contribution in [0.25, 0.3) is 5.69 Å². The second-order valence-corrected chi connectivity index (χ2v) is 6.55. The third-order valence-electron chi connectivity index (χ3n) is 4.18. The SMILES string of the molecule is CC(C)CC1(Cc2cnn(-c3ccccc3)n2)CCCN1. The van der Waals surface area contributed by atoms with E-state index in [1.807, 2.05) is 36.5 Å². The Morgan fingerprint density at radius 2 is 2.10 bits per heavy atom. The smallest absolute Gasteiger partial charge is 0.0856 e. The molecule has 1 N–H and O–H groups in total. The average molecular weight is 284 g/mol. The van der Waals surface area contributed by atoms with E-state index in [4.69, 9.17) is 0 Å². The minimum absolute atomic E-state index is 0.214. The molecule has 1 saturated heterocycles. The number of nitrogens with one attached hydrogen (secondary N) is 1. The second-order valence-electron chi connectivity index (χ2n) is 6.55. The molecular weight excluding hydrogens is 260 g/mol. The molecule has 0 bridgehead atoms. The summed E-state index contributed by atoms with van der Waals surface area (Å²) in [6.45, 7) is 5.71. The molecule has 0 saturated carbocycles. The molecule has 2 heterocycles. The molecule has 21 heavy (non-hydrogen) atoms. The molecule has 0 aliphatic carbocycles. The van der Waals surface area contributed by atoms with Crippen molar-refractivity contribution in [3.63, 3.8) is 0 Å². The molecule has 3 rings (SSSR count). The van der Waals surface area contributed by atoms with Gasteiger partial charge in [0.25, 0.3) is 0 Å². The fraction of sp³-hybridized carbons (Fsp3) is 0.529. The van der Waals surface area contributed by atoms with Gasteiger partial charge in [-0.3, -0.25) is 0 Å². The van der Waals surface area contributed by atoms with Crippen molar-refractivity contribution in [1.29, 1.82) is 0 Å². The topological polar surface area (TPSA) is 42.7 Å². The zero-order chi connectivity index (χ0) is 14.7. The summed E-state index contributed by atoms with van der Waals surface area (Å²) in [5.41, 5.74) is 2.31. The Kier molecular flexibility index (Phi) is 4.06. The van der Waals surface area contributed by atoms with E-state index < -0.39 is 0 Å². The summed E-state index contributed by atoms with van der Waals surface area (Å²) in [7, 11) is 0. The lowest BCUT2D eigenvalue weighted by atomic mass is 9.84. The van der Waals surface area contributed by atoms with Gasteiger partial charge in [0, 0.05) is 12.0 Å². The van der Waals surface area contributed by atoms with Crippen LogP contribution in [0.4, 0.5) is 0 Å². The number of hydrogen-bond donors (Lipinski definition) is 1. The lowest BCUT2D eigenvalue weighted by Gasteiger charge is -2.30. The maximum atomic E-state index is 4.66. The first kappa shape index (κ1) is 14.3. The van der Waals surface area contributed by atoms with E-state index in [0.29, 0.717) is 5.92 Å². The maximum absolute atomic E-state index is 4.66. The lowest BCUT2D eigenvalue weighted by molar-refractivity contribution is 0.299. The van der Waals surface area contributed by atoms with Crippen molar-refractivity contribution in [3.8, 4) is 5.69 Å². The Morgan fingerprint density at radius 3 is 2.76 bits per heavy atom. The van der Waals surface area contributed by atoms with E-state index in [2.05, 4.69) is 29.4 Å². The van der Waals surface area contributed by atoms with Gasteiger partial charge in [-0.05, 0) is 43.9 Å². The van der Waals surface area contributed by atoms with Gasteiger partial charge in [-0.25, -0.2) is 0 Å². The van der Waals surface area contributed by atoms with Gasteiger partial charge >= 0.3 is 0 Å². The van der Waals surface area contributed by atoms with Gasteiger partial charge in [0.05, 0.1) is 17.6 Å². The van der Waals surface area contributed by atoms with Crippen LogP contribution < -0.4 is 5.32 Å². The van der Waals surface area contributed by atoms with Gasteiger partial charge in [-0.1, -0.05) is 32.0 Å². The monoisotopic (exact) mass is 284 g/mol. The first-order valence-electron chi connectivity index (χ1n) is 7.89. The van der Waals surface area contributed by atoms with Crippen molar-refractivity contribution in [2.45, 2.75) is 45.1 Å². The molecule has 1 aliphatic rings. The number of benzene rings is 1. The van der Waals surface area contributed by atoms with Gasteiger partial charge in [-0.2, -0.15) is 15.0 Å². The maximum Gasteiger partial charge on any atom is 0.0856 e. The van der Waals surface area contributed by atoms with Crippen LogP contribution in [0.3, 0.4) is 0 Å². The molecule has 112 valence electrons. The summed E-state index contributed by atoms with van der Waals surface area (Å²) >= 11 is 0. The minimum Gasteiger partial charge on any atom is -0.311 e. The number of para-hydroxylation sites is 1. The summed E-state index contributed by atoms with van der Waals surface area (Å²) < 4.78 is 0. The molecule has 1 aromatic carbocycles. The number of rotatable bonds is 5. The largest absolute Gasteiger partial charge is 0.311 e. The Morgan fingerprint density at radius 1 is 1.29 bits per heavy atom. The normalized spacial score (nSPS) is 22.0. The summed E-state index contributed by atoms with van der Waals surface area (Å²) in [4.78, 5) is 1.73. The molecule has 2 aromatic rings. The number of hydrogen-bond acceptors (Lipinski definition) is 3. The highest BCUT2D eigenvalue weighted by Gasteiger charge is 2.34. The number of aromatic nitrogens is 3. The summed E-state index contributed by atoms with van der Waals surface area (Å²) in [6.07, 6.45) is 6.58. The van der Waals surface area contributed by atoms with Gasteiger partial charge in [0.1, 0.15) is 0 Å². The molecule has 1 aliphatic heterocycles. The zero-order valence-electron chi connectivity index (χ0n) is 12.9. The van der Waals surface area contributed by atoms with Gasteiger partial charge in [0.15, 0.2) is 0 Å². The van der Waals surface area contributed by atoms with E-state index in [0.717, 1.165) is 24.3 Å². The first-order chi connectivity index (χ1) is 10.2. The fourth-order valence-corrected chi connectivity index (χ4v) is 3.46. The molecule has 1 unspecified atom stereocenters. The Hall–Kier alpha value is -1.68. The molecule has 4 nitrogen and oxygen atoms in total. The van der Waals surface area contributed by atoms with Crippen molar-refractivity contribution in [1.82, 2.24) is 20.3 Å². The summed E-state index contributed by atoms with van der Waals surface area (Å²) in [5.74, 6) is 0.694. The fourth-order valence-electron chi connectivity index (χ4n) is 3.46. The average Bonchev–Trinajstić information content (AvgIpc) is 3.09. The van der Waals surface area contributed by atoms with Crippen LogP contribution in [0.5, 0.6) is 0 Å². The van der Waals surface area contributed by atoms with Gasteiger partial charge in [0.2, 0.25) is 0 Å². The van der Waals surface area contributed by atoms with Crippen LogP contribution in [0.1, 0.15) is 38.8 Å².